The Labute approximate surface area is 201 Å². The van der Waals surface area contributed by atoms with Crippen LogP contribution < -0.4 is 10.1 Å². The molecule has 0 unspecified atom stereocenters. The van der Waals surface area contributed by atoms with Crippen molar-refractivity contribution < 1.29 is 19.1 Å². The van der Waals surface area contributed by atoms with E-state index >= 15 is 0 Å². The number of hydrogen-bond donors (Lipinski definition) is 2. The number of nitrogens with one attached hydrogen (secondary N) is 2. The molecule has 2 aromatic carbocycles. The van der Waals surface area contributed by atoms with Crippen LogP contribution in [0.5, 0.6) is 5.75 Å². The second-order valence-corrected chi connectivity index (χ2v) is 8.42. The molecule has 0 bridgehead atoms. The minimum absolute atomic E-state index is 0.262. The first-order valence-corrected chi connectivity index (χ1v) is 11.3. The van der Waals surface area contributed by atoms with Crippen LogP contribution in [0.3, 0.4) is 0 Å². The van der Waals surface area contributed by atoms with Crippen molar-refractivity contribution >= 4 is 17.7 Å². The van der Waals surface area contributed by atoms with Gasteiger partial charge in [0.05, 0.1) is 19.4 Å². The Balaban J connectivity index is 1.93. The van der Waals surface area contributed by atoms with Gasteiger partial charge in [0.2, 0.25) is 0 Å². The first-order valence-electron chi connectivity index (χ1n) is 11.3. The van der Waals surface area contributed by atoms with E-state index in [1.54, 1.807) is 18.9 Å². The Kier molecular flexibility index (Phi) is 7.99. The molecule has 1 aromatic heterocycles. The van der Waals surface area contributed by atoms with E-state index in [1.165, 1.54) is 0 Å². The second kappa shape index (κ2) is 10.9. The molecule has 34 heavy (non-hydrogen) atoms. The first-order chi connectivity index (χ1) is 16.2. The maximum absolute atomic E-state index is 13.5. The van der Waals surface area contributed by atoms with Crippen molar-refractivity contribution in [2.24, 2.45) is 0 Å². The van der Waals surface area contributed by atoms with E-state index in [4.69, 9.17) is 9.47 Å². The van der Waals surface area contributed by atoms with E-state index < -0.39 is 5.97 Å². The normalized spacial score (nSPS) is 10.6. The fraction of sp³-hybridized carbons (Fsp3) is 0.333. The predicted molar refractivity (Wildman–Crippen MR) is 133 cm³/mol. The van der Waals surface area contributed by atoms with Crippen molar-refractivity contribution in [1.82, 2.24) is 9.88 Å². The molecule has 0 radical (unpaired) electrons. The van der Waals surface area contributed by atoms with Crippen LogP contribution in [0.2, 0.25) is 0 Å². The zero-order chi connectivity index (χ0) is 24.8. The van der Waals surface area contributed by atoms with Crippen LogP contribution in [0.25, 0.3) is 0 Å². The highest BCUT2D eigenvalue weighted by Gasteiger charge is 2.23. The number of anilines is 1. The number of hydrogen-bond acceptors (Lipinski definition) is 4. The van der Waals surface area contributed by atoms with Gasteiger partial charge in [-0.3, -0.25) is 0 Å². The number of amides is 2. The largest absolute Gasteiger partial charge is 0.495 e. The van der Waals surface area contributed by atoms with Crippen molar-refractivity contribution in [1.29, 1.82) is 0 Å². The third-order valence-electron chi connectivity index (χ3n) is 5.80. The summed E-state index contributed by atoms with van der Waals surface area (Å²) in [7, 11) is 1.58. The number of carbonyl (C=O) groups is 2. The first kappa shape index (κ1) is 24.9. The van der Waals surface area contributed by atoms with Gasteiger partial charge in [0.15, 0.2) is 0 Å². The van der Waals surface area contributed by atoms with Crippen molar-refractivity contribution in [3.63, 3.8) is 0 Å². The minimum atomic E-state index is -0.395. The van der Waals surface area contributed by atoms with Gasteiger partial charge in [0.1, 0.15) is 11.4 Å². The van der Waals surface area contributed by atoms with Gasteiger partial charge < -0.3 is 24.7 Å². The fourth-order valence-corrected chi connectivity index (χ4v) is 3.85. The molecule has 180 valence electrons. The quantitative estimate of drug-likeness (QED) is 0.422. The number of carbonyl (C=O) groups excluding carboxylic acids is 2. The molecule has 7 heteroatoms. The zero-order valence-electron chi connectivity index (χ0n) is 20.7. The topological polar surface area (TPSA) is 83.7 Å². The monoisotopic (exact) mass is 463 g/mol. The van der Waals surface area contributed by atoms with Crippen LogP contribution in [-0.4, -0.2) is 35.6 Å². The molecule has 7 nitrogen and oxygen atoms in total. The number of aromatic amines is 1. The summed E-state index contributed by atoms with van der Waals surface area (Å²) in [4.78, 5) is 30.7. The molecule has 0 fully saturated rings. The van der Waals surface area contributed by atoms with E-state index in [2.05, 4.69) is 10.3 Å². The SMILES string of the molecule is CCOC(=O)c1[nH]c(C)c(CN(Cc2ccc(C)cc2)C(=O)Nc2cc(C)ccc2OC)c1C. The Morgan fingerprint density at radius 2 is 1.65 bits per heavy atom. The number of rotatable bonds is 8. The van der Waals surface area contributed by atoms with Crippen LogP contribution in [0.15, 0.2) is 42.5 Å². The van der Waals surface area contributed by atoms with E-state index in [0.717, 1.165) is 33.5 Å². The molecule has 0 saturated carbocycles. The lowest BCUT2D eigenvalue weighted by Gasteiger charge is -2.25. The number of aryl methyl sites for hydroxylation is 3. The molecular formula is C27H33N3O4. The van der Waals surface area contributed by atoms with Crippen molar-refractivity contribution in [3.05, 3.63) is 81.7 Å². The summed E-state index contributed by atoms with van der Waals surface area (Å²) in [6, 6.07) is 13.5. The molecule has 0 aliphatic rings. The average molecular weight is 464 g/mol. The van der Waals surface area contributed by atoms with E-state index in [-0.39, 0.29) is 6.03 Å². The van der Waals surface area contributed by atoms with Gasteiger partial charge in [-0.2, -0.15) is 0 Å². The summed E-state index contributed by atoms with van der Waals surface area (Å²) in [6.07, 6.45) is 0. The Hall–Kier alpha value is -3.74. The van der Waals surface area contributed by atoms with Crippen LogP contribution in [-0.2, 0) is 17.8 Å². The molecule has 2 amide bonds. The van der Waals surface area contributed by atoms with Crippen LogP contribution in [0.4, 0.5) is 10.5 Å². The molecule has 0 spiro atoms. The lowest BCUT2D eigenvalue weighted by Crippen LogP contribution is -2.34. The number of H-pyrrole nitrogens is 1. The summed E-state index contributed by atoms with van der Waals surface area (Å²) in [5, 5.41) is 3.00. The molecular weight excluding hydrogens is 430 g/mol. The molecule has 0 aliphatic heterocycles. The van der Waals surface area contributed by atoms with Crippen molar-refractivity contribution in [3.8, 4) is 5.75 Å². The molecule has 1 heterocycles. The third kappa shape index (κ3) is 5.78. The second-order valence-electron chi connectivity index (χ2n) is 8.42. The highest BCUT2D eigenvalue weighted by atomic mass is 16.5. The van der Waals surface area contributed by atoms with Gasteiger partial charge in [-0.25, -0.2) is 9.59 Å². The Bertz CT molecular complexity index is 1170. The zero-order valence-corrected chi connectivity index (χ0v) is 20.7. The molecule has 3 rings (SSSR count). The number of esters is 1. The van der Waals surface area contributed by atoms with Gasteiger partial charge in [0, 0.05) is 18.8 Å². The van der Waals surface area contributed by atoms with Gasteiger partial charge in [0.25, 0.3) is 0 Å². The van der Waals surface area contributed by atoms with Crippen LogP contribution in [0.1, 0.15) is 50.9 Å². The maximum Gasteiger partial charge on any atom is 0.355 e. The lowest BCUT2D eigenvalue weighted by atomic mass is 10.1. The third-order valence-corrected chi connectivity index (χ3v) is 5.80. The number of ether oxygens (including phenoxy) is 2. The average Bonchev–Trinajstić information content (AvgIpc) is 3.08. The van der Waals surface area contributed by atoms with Crippen molar-refractivity contribution in [2.45, 2.75) is 47.7 Å². The Morgan fingerprint density at radius 1 is 0.971 bits per heavy atom. The minimum Gasteiger partial charge on any atom is -0.495 e. The van der Waals surface area contributed by atoms with Gasteiger partial charge >= 0.3 is 12.0 Å². The number of methoxy groups -OCH3 is 1. The summed E-state index contributed by atoms with van der Waals surface area (Å²) in [5.74, 6) is 0.196. The number of nitrogens with zero attached hydrogens (tertiary/aromatic N) is 1. The van der Waals surface area contributed by atoms with Crippen molar-refractivity contribution in [2.75, 3.05) is 19.0 Å². The predicted octanol–water partition coefficient (Wildman–Crippen LogP) is 5.67. The number of benzene rings is 2. The maximum atomic E-state index is 13.5. The molecule has 3 aromatic rings. The summed E-state index contributed by atoms with van der Waals surface area (Å²) in [5.41, 5.74) is 6.70. The molecule has 0 aliphatic carbocycles. The van der Waals surface area contributed by atoms with Gasteiger partial charge in [-0.15, -0.1) is 0 Å². The van der Waals surface area contributed by atoms with E-state index in [0.29, 0.717) is 36.8 Å². The van der Waals surface area contributed by atoms with E-state index in [9.17, 15) is 9.59 Å². The molecule has 0 saturated heterocycles. The summed E-state index contributed by atoms with van der Waals surface area (Å²) < 4.78 is 10.6. The van der Waals surface area contributed by atoms with Crippen LogP contribution >= 0.6 is 0 Å². The van der Waals surface area contributed by atoms with Gasteiger partial charge in [-0.1, -0.05) is 35.9 Å². The summed E-state index contributed by atoms with van der Waals surface area (Å²) in [6.45, 7) is 10.6. The molecule has 0 atom stereocenters. The molecule has 2 N–H and O–H groups in total. The highest BCUT2D eigenvalue weighted by molar-refractivity contribution is 5.92. The number of aromatic nitrogens is 1. The van der Waals surface area contributed by atoms with Gasteiger partial charge in [-0.05, 0) is 69.0 Å². The Morgan fingerprint density at radius 3 is 2.29 bits per heavy atom. The van der Waals surface area contributed by atoms with Crippen LogP contribution in [0, 0.1) is 27.7 Å². The fourth-order valence-electron chi connectivity index (χ4n) is 3.85. The van der Waals surface area contributed by atoms with E-state index in [1.807, 2.05) is 70.2 Å². The standard InChI is InChI=1S/C27H33N3O4/c1-7-34-26(31)25-19(4)22(20(5)28-25)16-30(15-21-11-8-17(2)9-12-21)27(32)29-23-14-18(3)10-13-24(23)33-6/h8-14,28H,7,15-16H2,1-6H3,(H,29,32). The highest BCUT2D eigenvalue weighted by Crippen LogP contribution is 2.27. The smallest absolute Gasteiger partial charge is 0.355 e. The lowest BCUT2D eigenvalue weighted by molar-refractivity contribution is 0.0519. The summed E-state index contributed by atoms with van der Waals surface area (Å²) >= 11 is 0. The number of urea groups is 1.